The van der Waals surface area contributed by atoms with Gasteiger partial charge in [0.15, 0.2) is 5.13 Å². The summed E-state index contributed by atoms with van der Waals surface area (Å²) >= 11 is 1.54. The van der Waals surface area contributed by atoms with Gasteiger partial charge in [-0.25, -0.2) is 4.98 Å². The van der Waals surface area contributed by atoms with Crippen LogP contribution in [-0.4, -0.2) is 10.9 Å². The Morgan fingerprint density at radius 1 is 1.42 bits per heavy atom. The van der Waals surface area contributed by atoms with E-state index < -0.39 is 0 Å². The van der Waals surface area contributed by atoms with Crippen LogP contribution in [0.5, 0.6) is 0 Å². The Balaban J connectivity index is 1.79. The first-order valence-electron chi connectivity index (χ1n) is 6.56. The average Bonchev–Trinajstić information content (AvgIpc) is 2.84. The summed E-state index contributed by atoms with van der Waals surface area (Å²) in [5.41, 5.74) is 2.14. The largest absolute Gasteiger partial charge is 0.302 e. The Hall–Kier alpha value is -1.68. The van der Waals surface area contributed by atoms with Crippen LogP contribution in [-0.2, 0) is 4.79 Å². The molecule has 0 radical (unpaired) electrons. The highest BCUT2D eigenvalue weighted by molar-refractivity contribution is 7.22. The number of amides is 1. The summed E-state index contributed by atoms with van der Waals surface area (Å²) in [6.45, 7) is 2.04. The molecule has 1 aromatic heterocycles. The third-order valence-corrected chi connectivity index (χ3v) is 4.43. The molecule has 19 heavy (non-hydrogen) atoms. The standard InChI is InChI=1S/C15H16N2OS/c1-10-6-5-9-12-13(10)16-15(19-12)17-14(18)11-7-3-2-4-8-11/h2-3,5-6,9,11H,4,7-8H2,1H3,(H,16,17,18). The number of nitrogens with zero attached hydrogens (tertiary/aromatic N) is 1. The molecule has 1 amide bonds. The zero-order valence-electron chi connectivity index (χ0n) is 10.8. The smallest absolute Gasteiger partial charge is 0.229 e. The average molecular weight is 272 g/mol. The van der Waals surface area contributed by atoms with Gasteiger partial charge < -0.3 is 5.32 Å². The third kappa shape index (κ3) is 2.54. The highest BCUT2D eigenvalue weighted by Crippen LogP contribution is 2.29. The maximum Gasteiger partial charge on any atom is 0.229 e. The lowest BCUT2D eigenvalue weighted by Crippen LogP contribution is -2.23. The summed E-state index contributed by atoms with van der Waals surface area (Å²) in [7, 11) is 0. The number of benzene rings is 1. The zero-order chi connectivity index (χ0) is 13.2. The molecule has 1 unspecified atom stereocenters. The molecule has 1 heterocycles. The van der Waals surface area contributed by atoms with Crippen molar-refractivity contribution in [3.05, 3.63) is 35.9 Å². The van der Waals surface area contributed by atoms with Crippen LogP contribution in [0, 0.1) is 12.8 Å². The van der Waals surface area contributed by atoms with Crippen LogP contribution < -0.4 is 5.32 Å². The van der Waals surface area contributed by atoms with Crippen molar-refractivity contribution in [2.24, 2.45) is 5.92 Å². The van der Waals surface area contributed by atoms with Gasteiger partial charge in [0.05, 0.1) is 10.2 Å². The van der Waals surface area contributed by atoms with Gasteiger partial charge in [0.2, 0.25) is 5.91 Å². The van der Waals surface area contributed by atoms with Gasteiger partial charge in [-0.1, -0.05) is 35.6 Å². The normalized spacial score (nSPS) is 18.7. The van der Waals surface area contributed by atoms with E-state index >= 15 is 0 Å². The van der Waals surface area contributed by atoms with Crippen molar-refractivity contribution in [3.63, 3.8) is 0 Å². The van der Waals surface area contributed by atoms with Gasteiger partial charge in [-0.05, 0) is 37.8 Å². The first-order valence-corrected chi connectivity index (χ1v) is 7.38. The highest BCUT2D eigenvalue weighted by atomic mass is 32.1. The Labute approximate surface area is 116 Å². The molecule has 1 atom stereocenters. The summed E-state index contributed by atoms with van der Waals surface area (Å²) < 4.78 is 1.12. The summed E-state index contributed by atoms with van der Waals surface area (Å²) in [5, 5.41) is 3.67. The molecule has 0 fully saturated rings. The van der Waals surface area contributed by atoms with Gasteiger partial charge in [-0.15, -0.1) is 0 Å². The summed E-state index contributed by atoms with van der Waals surface area (Å²) in [5.74, 6) is 0.194. The molecule has 1 aliphatic carbocycles. The number of allylic oxidation sites excluding steroid dienone is 2. The van der Waals surface area contributed by atoms with Crippen molar-refractivity contribution >= 4 is 32.6 Å². The highest BCUT2D eigenvalue weighted by Gasteiger charge is 2.19. The number of hydrogen-bond donors (Lipinski definition) is 1. The second-order valence-corrected chi connectivity index (χ2v) is 5.94. The second kappa shape index (κ2) is 5.13. The molecule has 0 aliphatic heterocycles. The number of rotatable bonds is 2. The molecule has 0 saturated heterocycles. The van der Waals surface area contributed by atoms with Crippen LogP contribution in [0.3, 0.4) is 0 Å². The molecule has 1 N–H and O–H groups in total. The number of thiazole rings is 1. The first-order chi connectivity index (χ1) is 9.24. The molecule has 1 aromatic carbocycles. The molecular weight excluding hydrogens is 256 g/mol. The van der Waals surface area contributed by atoms with E-state index in [9.17, 15) is 4.79 Å². The van der Waals surface area contributed by atoms with Crippen molar-refractivity contribution in [1.82, 2.24) is 4.98 Å². The summed E-state index contributed by atoms with van der Waals surface area (Å²) in [6.07, 6.45) is 7.01. The van der Waals surface area contributed by atoms with Crippen molar-refractivity contribution in [2.45, 2.75) is 26.2 Å². The maximum atomic E-state index is 12.2. The third-order valence-electron chi connectivity index (χ3n) is 3.49. The fourth-order valence-electron chi connectivity index (χ4n) is 2.38. The Morgan fingerprint density at radius 3 is 3.05 bits per heavy atom. The van der Waals surface area contributed by atoms with Crippen LogP contribution in [0.25, 0.3) is 10.2 Å². The number of fused-ring (bicyclic) bond motifs is 1. The minimum atomic E-state index is 0.0955. The predicted octanol–water partition coefficient (Wildman–Crippen LogP) is 3.90. The molecule has 98 valence electrons. The summed E-state index contributed by atoms with van der Waals surface area (Å²) in [6, 6.07) is 6.10. The number of anilines is 1. The van der Waals surface area contributed by atoms with E-state index in [0.29, 0.717) is 5.13 Å². The van der Waals surface area contributed by atoms with Crippen LogP contribution >= 0.6 is 11.3 Å². The Kier molecular flexibility index (Phi) is 3.34. The fraction of sp³-hybridized carbons (Fsp3) is 0.333. The van der Waals surface area contributed by atoms with Crippen molar-refractivity contribution < 1.29 is 4.79 Å². The fourth-order valence-corrected chi connectivity index (χ4v) is 3.33. The van der Waals surface area contributed by atoms with Crippen molar-refractivity contribution in [2.75, 3.05) is 5.32 Å². The molecule has 1 aliphatic rings. The zero-order valence-corrected chi connectivity index (χ0v) is 11.7. The van der Waals surface area contributed by atoms with E-state index in [2.05, 4.69) is 22.5 Å². The Bertz CT molecular complexity index is 645. The van der Waals surface area contributed by atoms with Crippen LogP contribution in [0.4, 0.5) is 5.13 Å². The van der Waals surface area contributed by atoms with E-state index in [1.54, 1.807) is 11.3 Å². The molecule has 0 bridgehead atoms. The molecule has 2 aromatic rings. The minimum absolute atomic E-state index is 0.0955. The molecule has 0 saturated carbocycles. The van der Waals surface area contributed by atoms with Gasteiger partial charge in [0.25, 0.3) is 0 Å². The first kappa shape index (κ1) is 12.4. The molecule has 3 rings (SSSR count). The van der Waals surface area contributed by atoms with E-state index in [0.717, 1.165) is 35.0 Å². The lowest BCUT2D eigenvalue weighted by molar-refractivity contribution is -0.120. The topological polar surface area (TPSA) is 42.0 Å². The minimum Gasteiger partial charge on any atom is -0.302 e. The number of aryl methyl sites for hydroxylation is 1. The predicted molar refractivity (Wildman–Crippen MR) is 79.5 cm³/mol. The molecule has 0 spiro atoms. The van der Waals surface area contributed by atoms with Gasteiger partial charge in [-0.2, -0.15) is 0 Å². The second-order valence-electron chi connectivity index (χ2n) is 4.91. The summed E-state index contributed by atoms with van der Waals surface area (Å²) in [4.78, 5) is 16.7. The lowest BCUT2D eigenvalue weighted by Gasteiger charge is -2.15. The van der Waals surface area contributed by atoms with Gasteiger partial charge in [0, 0.05) is 5.92 Å². The number of hydrogen-bond acceptors (Lipinski definition) is 3. The van der Waals surface area contributed by atoms with E-state index in [1.165, 1.54) is 0 Å². The van der Waals surface area contributed by atoms with E-state index in [4.69, 9.17) is 0 Å². The van der Waals surface area contributed by atoms with Crippen LogP contribution in [0.2, 0.25) is 0 Å². The molecule has 4 heteroatoms. The number of aromatic nitrogens is 1. The van der Waals surface area contributed by atoms with Crippen molar-refractivity contribution in [3.8, 4) is 0 Å². The van der Waals surface area contributed by atoms with Crippen LogP contribution in [0.1, 0.15) is 24.8 Å². The van der Waals surface area contributed by atoms with Gasteiger partial charge in [-0.3, -0.25) is 4.79 Å². The lowest BCUT2D eigenvalue weighted by atomic mass is 9.94. The van der Waals surface area contributed by atoms with Crippen molar-refractivity contribution in [1.29, 1.82) is 0 Å². The van der Waals surface area contributed by atoms with E-state index in [-0.39, 0.29) is 11.8 Å². The van der Waals surface area contributed by atoms with Gasteiger partial charge >= 0.3 is 0 Å². The molecular formula is C15H16N2OS. The number of carbonyl (C=O) groups is 1. The number of nitrogens with one attached hydrogen (secondary N) is 1. The number of carbonyl (C=O) groups excluding carboxylic acids is 1. The number of para-hydroxylation sites is 1. The quantitative estimate of drug-likeness (QED) is 0.842. The molecule has 3 nitrogen and oxygen atoms in total. The SMILES string of the molecule is Cc1cccc2sc(NC(=O)C3CC=CCC3)nc12. The van der Waals surface area contributed by atoms with Gasteiger partial charge in [0.1, 0.15) is 0 Å². The van der Waals surface area contributed by atoms with Crippen LogP contribution in [0.15, 0.2) is 30.4 Å². The maximum absolute atomic E-state index is 12.2. The Morgan fingerprint density at radius 2 is 2.32 bits per heavy atom. The van der Waals surface area contributed by atoms with E-state index in [1.807, 2.05) is 25.1 Å². The monoisotopic (exact) mass is 272 g/mol.